The van der Waals surface area contributed by atoms with Crippen LogP contribution in [-0.2, 0) is 6.42 Å². The van der Waals surface area contributed by atoms with Gasteiger partial charge in [0, 0.05) is 28.6 Å². The Labute approximate surface area is 120 Å². The van der Waals surface area contributed by atoms with Crippen LogP contribution in [0.2, 0.25) is 5.02 Å². The van der Waals surface area contributed by atoms with Crippen LogP contribution >= 0.6 is 35.1 Å². The molecule has 3 N–H and O–H groups in total. The minimum absolute atomic E-state index is 0.165. The van der Waals surface area contributed by atoms with Gasteiger partial charge < -0.3 is 0 Å². The van der Waals surface area contributed by atoms with E-state index in [0.29, 0.717) is 5.25 Å². The first kappa shape index (κ1) is 14.5. The lowest BCUT2D eigenvalue weighted by atomic mass is 10.0. The Morgan fingerprint density at radius 3 is 2.94 bits per heavy atom. The number of halogens is 2. The van der Waals surface area contributed by atoms with E-state index in [1.165, 1.54) is 11.8 Å². The number of hydrazine groups is 1. The molecule has 1 fully saturated rings. The van der Waals surface area contributed by atoms with Gasteiger partial charge in [-0.15, -0.1) is 0 Å². The number of benzene rings is 1. The molecule has 1 aliphatic rings. The molecule has 6 heteroatoms. The van der Waals surface area contributed by atoms with Crippen molar-refractivity contribution < 1.29 is 4.39 Å². The van der Waals surface area contributed by atoms with Gasteiger partial charge in [0.05, 0.1) is 5.02 Å². The normalized spacial score (nSPS) is 21.8. The van der Waals surface area contributed by atoms with Gasteiger partial charge in [0.1, 0.15) is 5.82 Å². The van der Waals surface area contributed by atoms with Gasteiger partial charge in [0.15, 0.2) is 0 Å². The Kier molecular flexibility index (Phi) is 5.63. The molecule has 1 aliphatic heterocycles. The van der Waals surface area contributed by atoms with Crippen LogP contribution in [0.4, 0.5) is 4.39 Å². The second-order valence-corrected chi connectivity index (χ2v) is 7.11. The summed E-state index contributed by atoms with van der Waals surface area (Å²) in [5.74, 6) is 8.71. The summed E-state index contributed by atoms with van der Waals surface area (Å²) in [6.45, 7) is 0. The molecule has 18 heavy (non-hydrogen) atoms. The third-order valence-electron chi connectivity index (χ3n) is 2.94. The summed E-state index contributed by atoms with van der Waals surface area (Å²) < 4.78 is 13.4. The molecule has 100 valence electrons. The van der Waals surface area contributed by atoms with E-state index in [4.69, 9.17) is 17.4 Å². The number of nitrogens with two attached hydrogens (primary N) is 1. The lowest BCUT2D eigenvalue weighted by Crippen LogP contribution is -2.46. The first-order chi connectivity index (χ1) is 8.70. The smallest absolute Gasteiger partial charge is 0.142 e. The van der Waals surface area contributed by atoms with E-state index < -0.39 is 0 Å². The zero-order chi connectivity index (χ0) is 13.0. The van der Waals surface area contributed by atoms with Crippen LogP contribution in [0.25, 0.3) is 0 Å². The first-order valence-corrected chi connectivity index (χ1v) is 8.38. The number of hydrogen-bond acceptors (Lipinski definition) is 4. The lowest BCUT2D eigenvalue weighted by molar-refractivity contribution is 0.521. The minimum atomic E-state index is -0.365. The summed E-state index contributed by atoms with van der Waals surface area (Å²) in [6.07, 6.45) is 0.725. The van der Waals surface area contributed by atoms with Gasteiger partial charge in [-0.3, -0.25) is 11.3 Å². The second-order valence-electron chi connectivity index (χ2n) is 4.21. The fourth-order valence-corrected chi connectivity index (χ4v) is 4.95. The molecule has 2 rings (SSSR count). The van der Waals surface area contributed by atoms with Crippen LogP contribution < -0.4 is 11.3 Å². The average Bonchev–Trinajstić information content (AvgIpc) is 2.41. The van der Waals surface area contributed by atoms with Crippen molar-refractivity contribution in [3.8, 4) is 0 Å². The Hall–Kier alpha value is 0.0600. The van der Waals surface area contributed by atoms with Crippen molar-refractivity contribution in [1.82, 2.24) is 5.43 Å². The second kappa shape index (κ2) is 7.01. The molecule has 1 aromatic rings. The lowest BCUT2D eigenvalue weighted by Gasteiger charge is -2.29. The topological polar surface area (TPSA) is 38.0 Å². The van der Waals surface area contributed by atoms with E-state index in [1.54, 1.807) is 6.07 Å². The monoisotopic (exact) mass is 306 g/mol. The number of rotatable bonds is 4. The zero-order valence-corrected chi connectivity index (χ0v) is 12.3. The molecular formula is C12H16ClFN2S2. The van der Waals surface area contributed by atoms with Crippen LogP contribution in [0.15, 0.2) is 18.2 Å². The Morgan fingerprint density at radius 2 is 2.33 bits per heavy atom. The fraction of sp³-hybridized carbons (Fsp3) is 0.500. The summed E-state index contributed by atoms with van der Waals surface area (Å²) in [4.78, 5) is 0. The van der Waals surface area contributed by atoms with Crippen molar-refractivity contribution >= 4 is 35.1 Å². The predicted octanol–water partition coefficient (Wildman–Crippen LogP) is 2.70. The molecule has 1 heterocycles. The van der Waals surface area contributed by atoms with E-state index in [-0.39, 0.29) is 16.9 Å². The van der Waals surface area contributed by atoms with Gasteiger partial charge in [-0.25, -0.2) is 4.39 Å². The highest BCUT2D eigenvalue weighted by atomic mass is 35.5. The standard InChI is InChI=1S/C12H16ClFN2S2/c13-9-2-1-8(5-10(9)14)6-11(16-15)12-7-17-3-4-18-12/h1-2,5,11-12,16H,3-4,6-7,15H2. The third-order valence-corrected chi connectivity index (χ3v) is 6.17. The highest BCUT2D eigenvalue weighted by molar-refractivity contribution is 8.06. The van der Waals surface area contributed by atoms with E-state index in [2.05, 4.69) is 5.43 Å². The van der Waals surface area contributed by atoms with Gasteiger partial charge >= 0.3 is 0 Å². The quantitative estimate of drug-likeness (QED) is 0.662. The minimum Gasteiger partial charge on any atom is -0.271 e. The van der Waals surface area contributed by atoms with Gasteiger partial charge in [-0.1, -0.05) is 17.7 Å². The van der Waals surface area contributed by atoms with Crippen molar-refractivity contribution in [1.29, 1.82) is 0 Å². The molecule has 0 spiro atoms. The molecular weight excluding hydrogens is 291 g/mol. The third kappa shape index (κ3) is 3.78. The molecule has 0 aliphatic carbocycles. The summed E-state index contributed by atoms with van der Waals surface area (Å²) in [5, 5.41) is 0.645. The molecule has 0 bridgehead atoms. The number of nitrogens with one attached hydrogen (secondary N) is 1. The van der Waals surface area contributed by atoms with E-state index in [0.717, 1.165) is 23.5 Å². The molecule has 0 radical (unpaired) electrons. The van der Waals surface area contributed by atoms with Crippen molar-refractivity contribution in [2.24, 2.45) is 5.84 Å². The SMILES string of the molecule is NNC(Cc1ccc(Cl)c(F)c1)C1CSCCS1. The molecule has 2 nitrogen and oxygen atoms in total. The summed E-state index contributed by atoms with van der Waals surface area (Å²) in [7, 11) is 0. The Morgan fingerprint density at radius 1 is 1.50 bits per heavy atom. The van der Waals surface area contributed by atoms with Crippen LogP contribution in [0.5, 0.6) is 0 Å². The van der Waals surface area contributed by atoms with Gasteiger partial charge in [-0.2, -0.15) is 23.5 Å². The number of thioether (sulfide) groups is 2. The maximum absolute atomic E-state index is 13.4. The maximum atomic E-state index is 13.4. The van der Waals surface area contributed by atoms with Crippen molar-refractivity contribution in [2.45, 2.75) is 17.7 Å². The average molecular weight is 307 g/mol. The van der Waals surface area contributed by atoms with Gasteiger partial charge in [-0.05, 0) is 24.1 Å². The highest BCUT2D eigenvalue weighted by Crippen LogP contribution is 2.28. The maximum Gasteiger partial charge on any atom is 0.142 e. The van der Waals surface area contributed by atoms with Crippen molar-refractivity contribution in [3.05, 3.63) is 34.6 Å². The van der Waals surface area contributed by atoms with Crippen LogP contribution in [0, 0.1) is 5.82 Å². The van der Waals surface area contributed by atoms with Gasteiger partial charge in [0.25, 0.3) is 0 Å². The van der Waals surface area contributed by atoms with Crippen LogP contribution in [-0.4, -0.2) is 28.6 Å². The largest absolute Gasteiger partial charge is 0.271 e. The molecule has 2 atom stereocenters. The van der Waals surface area contributed by atoms with Crippen LogP contribution in [0.3, 0.4) is 0 Å². The zero-order valence-electron chi connectivity index (χ0n) is 9.86. The molecule has 1 aromatic carbocycles. The van der Waals surface area contributed by atoms with Crippen LogP contribution in [0.1, 0.15) is 5.56 Å². The van der Waals surface area contributed by atoms with E-state index >= 15 is 0 Å². The molecule has 0 saturated carbocycles. The molecule has 1 saturated heterocycles. The number of hydrogen-bond donors (Lipinski definition) is 2. The molecule has 0 amide bonds. The summed E-state index contributed by atoms with van der Waals surface area (Å²) in [6, 6.07) is 5.12. The highest BCUT2D eigenvalue weighted by Gasteiger charge is 2.24. The summed E-state index contributed by atoms with van der Waals surface area (Å²) in [5.41, 5.74) is 3.79. The molecule has 0 aromatic heterocycles. The van der Waals surface area contributed by atoms with E-state index in [9.17, 15) is 4.39 Å². The Balaban J connectivity index is 2.02. The Bertz CT molecular complexity index is 400. The van der Waals surface area contributed by atoms with Crippen molar-refractivity contribution in [2.75, 3.05) is 17.3 Å². The first-order valence-electron chi connectivity index (χ1n) is 5.80. The summed E-state index contributed by atoms with van der Waals surface area (Å²) >= 11 is 9.57. The fourth-order valence-electron chi connectivity index (χ4n) is 1.96. The molecule has 2 unspecified atom stereocenters. The predicted molar refractivity (Wildman–Crippen MR) is 79.8 cm³/mol. The van der Waals surface area contributed by atoms with Crippen molar-refractivity contribution in [3.63, 3.8) is 0 Å². The van der Waals surface area contributed by atoms with E-state index in [1.807, 2.05) is 29.6 Å². The van der Waals surface area contributed by atoms with Gasteiger partial charge in [0.2, 0.25) is 0 Å².